The first-order valence-corrected chi connectivity index (χ1v) is 5.58. The molecule has 1 aromatic rings. The van der Waals surface area contributed by atoms with Gasteiger partial charge in [-0.05, 0) is 18.3 Å². The standard InChI is InChI=1S/C11H18N4O/c1-11(2)4-3-5-15(7-11)10(16)8-6-9(12)14-13-8/h6H,3-5,7H2,1-2H3,(H3,12,13,14). The summed E-state index contributed by atoms with van der Waals surface area (Å²) in [4.78, 5) is 14.0. The van der Waals surface area contributed by atoms with Crippen LogP contribution in [-0.2, 0) is 0 Å². The molecule has 0 spiro atoms. The molecule has 0 unspecified atom stereocenters. The van der Waals surface area contributed by atoms with Crippen molar-refractivity contribution < 1.29 is 4.79 Å². The van der Waals surface area contributed by atoms with Gasteiger partial charge in [0.25, 0.3) is 5.91 Å². The van der Waals surface area contributed by atoms with Crippen molar-refractivity contribution in [3.8, 4) is 0 Å². The molecule has 16 heavy (non-hydrogen) atoms. The lowest BCUT2D eigenvalue weighted by Gasteiger charge is -2.37. The first kappa shape index (κ1) is 11.0. The van der Waals surface area contributed by atoms with Crippen LogP contribution >= 0.6 is 0 Å². The highest BCUT2D eigenvalue weighted by Crippen LogP contribution is 2.29. The van der Waals surface area contributed by atoms with Crippen molar-refractivity contribution in [2.75, 3.05) is 18.8 Å². The van der Waals surface area contributed by atoms with Gasteiger partial charge in [0.05, 0.1) is 0 Å². The Morgan fingerprint density at radius 3 is 2.94 bits per heavy atom. The van der Waals surface area contributed by atoms with Crippen LogP contribution in [-0.4, -0.2) is 34.1 Å². The van der Waals surface area contributed by atoms with E-state index in [0.29, 0.717) is 11.5 Å². The topological polar surface area (TPSA) is 75.0 Å². The van der Waals surface area contributed by atoms with Crippen molar-refractivity contribution in [2.45, 2.75) is 26.7 Å². The minimum absolute atomic E-state index is 0.00280. The summed E-state index contributed by atoms with van der Waals surface area (Å²) in [5.74, 6) is 0.358. The third kappa shape index (κ3) is 2.18. The lowest BCUT2D eigenvalue weighted by atomic mass is 9.84. The lowest BCUT2D eigenvalue weighted by Crippen LogP contribution is -2.43. The molecule has 0 aliphatic carbocycles. The number of rotatable bonds is 1. The van der Waals surface area contributed by atoms with Gasteiger partial charge in [-0.15, -0.1) is 0 Å². The Balaban J connectivity index is 2.10. The number of likely N-dealkylation sites (tertiary alicyclic amines) is 1. The van der Waals surface area contributed by atoms with Crippen molar-refractivity contribution >= 4 is 11.7 Å². The predicted octanol–water partition coefficient (Wildman–Crippen LogP) is 1.25. The highest BCUT2D eigenvalue weighted by Gasteiger charge is 2.30. The van der Waals surface area contributed by atoms with Crippen LogP contribution in [0.25, 0.3) is 0 Å². The highest BCUT2D eigenvalue weighted by atomic mass is 16.2. The van der Waals surface area contributed by atoms with Gasteiger partial charge in [-0.3, -0.25) is 9.89 Å². The van der Waals surface area contributed by atoms with Gasteiger partial charge in [0.15, 0.2) is 0 Å². The third-order valence-corrected chi connectivity index (χ3v) is 3.02. The maximum absolute atomic E-state index is 12.1. The van der Waals surface area contributed by atoms with E-state index in [2.05, 4.69) is 24.0 Å². The summed E-state index contributed by atoms with van der Waals surface area (Å²) in [6, 6.07) is 1.59. The molecule has 0 atom stereocenters. The SMILES string of the molecule is CC1(C)CCCN(C(=O)c2cc(N)n[nH]2)C1. The fourth-order valence-electron chi connectivity index (χ4n) is 2.21. The Morgan fingerprint density at radius 2 is 2.38 bits per heavy atom. The van der Waals surface area contributed by atoms with Gasteiger partial charge >= 0.3 is 0 Å². The molecule has 1 saturated heterocycles. The molecule has 0 aromatic carbocycles. The number of aromatic nitrogens is 2. The lowest BCUT2D eigenvalue weighted by molar-refractivity contribution is 0.0577. The van der Waals surface area contributed by atoms with Crippen LogP contribution in [0, 0.1) is 5.41 Å². The Bertz CT molecular complexity index is 396. The monoisotopic (exact) mass is 222 g/mol. The number of aromatic amines is 1. The Kier molecular flexibility index (Phi) is 2.61. The predicted molar refractivity (Wildman–Crippen MR) is 61.9 cm³/mol. The minimum Gasteiger partial charge on any atom is -0.382 e. The molecule has 0 radical (unpaired) electrons. The van der Waals surface area contributed by atoms with Gasteiger partial charge in [-0.25, -0.2) is 0 Å². The van der Waals surface area contributed by atoms with Gasteiger partial charge in [-0.1, -0.05) is 13.8 Å². The summed E-state index contributed by atoms with van der Waals surface area (Å²) in [7, 11) is 0. The van der Waals surface area contributed by atoms with Crippen LogP contribution in [0.5, 0.6) is 0 Å². The first-order valence-electron chi connectivity index (χ1n) is 5.58. The van der Waals surface area contributed by atoms with E-state index in [9.17, 15) is 4.79 Å². The van der Waals surface area contributed by atoms with Crippen LogP contribution in [0.4, 0.5) is 5.82 Å². The number of carbonyl (C=O) groups excluding carboxylic acids is 1. The molecule has 1 aliphatic heterocycles. The molecule has 3 N–H and O–H groups in total. The van der Waals surface area contributed by atoms with E-state index < -0.39 is 0 Å². The molecular weight excluding hydrogens is 204 g/mol. The van der Waals surface area contributed by atoms with Crippen molar-refractivity contribution in [1.29, 1.82) is 0 Å². The molecular formula is C11H18N4O. The van der Waals surface area contributed by atoms with E-state index >= 15 is 0 Å². The quantitative estimate of drug-likeness (QED) is 0.751. The van der Waals surface area contributed by atoms with Crippen LogP contribution in [0.3, 0.4) is 0 Å². The van der Waals surface area contributed by atoms with Crippen LogP contribution < -0.4 is 5.73 Å². The van der Waals surface area contributed by atoms with E-state index in [0.717, 1.165) is 19.5 Å². The fraction of sp³-hybridized carbons (Fsp3) is 0.636. The second-order valence-corrected chi connectivity index (χ2v) is 5.20. The van der Waals surface area contributed by atoms with E-state index in [1.54, 1.807) is 6.07 Å². The van der Waals surface area contributed by atoms with Crippen molar-refractivity contribution in [3.63, 3.8) is 0 Å². The van der Waals surface area contributed by atoms with Crippen LogP contribution in [0.2, 0.25) is 0 Å². The van der Waals surface area contributed by atoms with Crippen LogP contribution in [0.15, 0.2) is 6.07 Å². The molecule has 0 bridgehead atoms. The van der Waals surface area contributed by atoms with Gasteiger partial charge < -0.3 is 10.6 Å². The van der Waals surface area contributed by atoms with E-state index in [-0.39, 0.29) is 11.3 Å². The average Bonchev–Trinajstić information content (AvgIpc) is 2.62. The third-order valence-electron chi connectivity index (χ3n) is 3.02. The average molecular weight is 222 g/mol. The number of piperidine rings is 1. The number of carbonyl (C=O) groups is 1. The number of hydrogen-bond donors (Lipinski definition) is 2. The summed E-state index contributed by atoms with van der Waals surface area (Å²) >= 11 is 0. The second kappa shape index (κ2) is 3.81. The number of nitrogen functional groups attached to an aromatic ring is 1. The molecule has 5 heteroatoms. The number of nitrogens with one attached hydrogen (secondary N) is 1. The van der Waals surface area contributed by atoms with Crippen molar-refractivity contribution in [2.24, 2.45) is 5.41 Å². The van der Waals surface area contributed by atoms with E-state index in [1.165, 1.54) is 6.42 Å². The zero-order valence-corrected chi connectivity index (χ0v) is 9.79. The molecule has 5 nitrogen and oxygen atoms in total. The van der Waals surface area contributed by atoms with Crippen molar-refractivity contribution in [1.82, 2.24) is 15.1 Å². The van der Waals surface area contributed by atoms with Gasteiger partial charge in [0, 0.05) is 19.2 Å². The first-order chi connectivity index (χ1) is 7.48. The Morgan fingerprint density at radius 1 is 1.62 bits per heavy atom. The molecule has 1 aliphatic rings. The number of amides is 1. The summed E-state index contributed by atoms with van der Waals surface area (Å²) in [5.41, 5.74) is 6.18. The van der Waals surface area contributed by atoms with Crippen LogP contribution in [0.1, 0.15) is 37.2 Å². The summed E-state index contributed by atoms with van der Waals surface area (Å²) in [6.07, 6.45) is 2.23. The largest absolute Gasteiger partial charge is 0.382 e. The van der Waals surface area contributed by atoms with Gasteiger partial charge in [0.2, 0.25) is 0 Å². The zero-order valence-electron chi connectivity index (χ0n) is 9.79. The minimum atomic E-state index is -0.00280. The maximum atomic E-state index is 12.1. The normalized spacial score (nSPS) is 19.8. The Labute approximate surface area is 95.0 Å². The molecule has 0 saturated carbocycles. The number of anilines is 1. The smallest absolute Gasteiger partial charge is 0.271 e. The molecule has 2 rings (SSSR count). The van der Waals surface area contributed by atoms with Crippen molar-refractivity contribution in [3.05, 3.63) is 11.8 Å². The molecule has 1 amide bonds. The number of nitrogens with zero attached hydrogens (tertiary/aromatic N) is 2. The fourth-order valence-corrected chi connectivity index (χ4v) is 2.21. The number of nitrogens with two attached hydrogens (primary N) is 1. The maximum Gasteiger partial charge on any atom is 0.271 e. The summed E-state index contributed by atoms with van der Waals surface area (Å²) in [6.45, 7) is 5.99. The second-order valence-electron chi connectivity index (χ2n) is 5.20. The molecule has 2 heterocycles. The molecule has 88 valence electrons. The van der Waals surface area contributed by atoms with Gasteiger partial charge in [-0.2, -0.15) is 5.10 Å². The Hall–Kier alpha value is -1.52. The van der Waals surface area contributed by atoms with Gasteiger partial charge in [0.1, 0.15) is 11.5 Å². The zero-order chi connectivity index (χ0) is 11.8. The molecule has 1 fully saturated rings. The number of hydrogen-bond acceptors (Lipinski definition) is 3. The number of H-pyrrole nitrogens is 1. The summed E-state index contributed by atoms with van der Waals surface area (Å²) < 4.78 is 0. The highest BCUT2D eigenvalue weighted by molar-refractivity contribution is 5.93. The van der Waals surface area contributed by atoms with E-state index in [1.807, 2.05) is 4.90 Å². The van der Waals surface area contributed by atoms with E-state index in [4.69, 9.17) is 5.73 Å². The summed E-state index contributed by atoms with van der Waals surface area (Å²) in [5, 5.41) is 6.44. The molecule has 1 aromatic heterocycles.